The number of amides is 1. The molecule has 0 spiro atoms. The predicted octanol–water partition coefficient (Wildman–Crippen LogP) is 9.10. The molecule has 2 aromatic carbocycles. The molecule has 6 atom stereocenters. The number of oxime groups is 1. The molecule has 0 bridgehead atoms. The first-order valence-corrected chi connectivity index (χ1v) is 24.7. The summed E-state index contributed by atoms with van der Waals surface area (Å²) >= 11 is 1.76. The Bertz CT molecular complexity index is 1790. The molecule has 11 nitrogen and oxygen atoms in total. The molecule has 1 amide bonds. The number of aliphatic hydroxyl groups excluding tert-OH is 3. The molecule has 0 saturated heterocycles. The minimum absolute atomic E-state index is 0.0184. The fourth-order valence-corrected chi connectivity index (χ4v) is 11.1. The normalized spacial score (nSPS) is 24.9. The van der Waals surface area contributed by atoms with Crippen molar-refractivity contribution < 1.29 is 43.9 Å². The standard InChI is InChI=1S/C51H74N2O9S/c1-5-29-60-51-46(53(25-30-58-31-28-56)47(57)24-21-37-15-9-10-16-37)36-44(52-62-50(2,3)4)42-34-38(17-11-13-26-54)41(20-12-14-27-55)48(49(42)51)43-35-39(22-23-45(43)61-51)59-32-33-63-40-18-7-6-8-19-40/h5-8,18-19,22-23,34-35,37-38,41,46,48-49,54-56H,1,9-17,20-21,24-33,36H2,2-4H3. The molecule has 348 valence electrons. The van der Waals surface area contributed by atoms with Crippen molar-refractivity contribution in [3.8, 4) is 11.5 Å². The van der Waals surface area contributed by atoms with E-state index in [0.29, 0.717) is 44.0 Å². The van der Waals surface area contributed by atoms with Gasteiger partial charge in [0.15, 0.2) is 0 Å². The van der Waals surface area contributed by atoms with Gasteiger partial charge < -0.3 is 44.0 Å². The molecule has 2 aromatic rings. The Kier molecular flexibility index (Phi) is 18.9. The van der Waals surface area contributed by atoms with Crippen molar-refractivity contribution in [1.29, 1.82) is 0 Å². The Morgan fingerprint density at radius 1 is 0.968 bits per heavy atom. The van der Waals surface area contributed by atoms with Gasteiger partial charge >= 0.3 is 0 Å². The molecule has 3 N–H and O–H groups in total. The van der Waals surface area contributed by atoms with Crippen LogP contribution in [0.2, 0.25) is 0 Å². The zero-order valence-corrected chi connectivity index (χ0v) is 38.9. The monoisotopic (exact) mass is 891 g/mol. The van der Waals surface area contributed by atoms with E-state index >= 15 is 0 Å². The average molecular weight is 891 g/mol. The maximum Gasteiger partial charge on any atom is 0.239 e. The smallest absolute Gasteiger partial charge is 0.239 e. The number of ether oxygens (including phenoxy) is 4. The summed E-state index contributed by atoms with van der Waals surface area (Å²) in [5.74, 6) is 1.10. The lowest BCUT2D eigenvalue weighted by atomic mass is 9.55. The van der Waals surface area contributed by atoms with Crippen LogP contribution in [0.1, 0.15) is 116 Å². The van der Waals surface area contributed by atoms with Crippen LogP contribution >= 0.6 is 11.8 Å². The number of thioether (sulfide) groups is 1. The predicted molar refractivity (Wildman–Crippen MR) is 249 cm³/mol. The first kappa shape index (κ1) is 49.1. The van der Waals surface area contributed by atoms with Gasteiger partial charge in [0.1, 0.15) is 23.1 Å². The van der Waals surface area contributed by atoms with Gasteiger partial charge in [-0.25, -0.2) is 0 Å². The van der Waals surface area contributed by atoms with Crippen LogP contribution in [-0.4, -0.2) is 108 Å². The van der Waals surface area contributed by atoms with Crippen LogP contribution in [0.3, 0.4) is 0 Å². The van der Waals surface area contributed by atoms with E-state index in [1.807, 2.05) is 56.0 Å². The molecular weight excluding hydrogens is 817 g/mol. The van der Waals surface area contributed by atoms with Gasteiger partial charge in [0.05, 0.1) is 44.7 Å². The van der Waals surface area contributed by atoms with Crippen LogP contribution in [0.4, 0.5) is 0 Å². The highest BCUT2D eigenvalue weighted by Gasteiger charge is 2.65. The Balaban J connectivity index is 1.50. The molecule has 2 fully saturated rings. The topological polar surface area (TPSA) is 140 Å². The fourth-order valence-electron chi connectivity index (χ4n) is 10.3. The summed E-state index contributed by atoms with van der Waals surface area (Å²) in [4.78, 5) is 24.3. The largest absolute Gasteiger partial charge is 0.493 e. The summed E-state index contributed by atoms with van der Waals surface area (Å²) < 4.78 is 27.0. The third-order valence-electron chi connectivity index (χ3n) is 13.1. The number of allylic oxidation sites excluding steroid dienone is 1. The molecule has 3 aliphatic carbocycles. The summed E-state index contributed by atoms with van der Waals surface area (Å²) in [6.45, 7) is 11.6. The number of hydrogen-bond donors (Lipinski definition) is 3. The van der Waals surface area contributed by atoms with Gasteiger partial charge in [-0.1, -0.05) is 74.0 Å². The first-order chi connectivity index (χ1) is 30.6. The number of aliphatic hydroxyl groups is 3. The van der Waals surface area contributed by atoms with Gasteiger partial charge in [0.2, 0.25) is 11.7 Å². The molecule has 4 aliphatic rings. The van der Waals surface area contributed by atoms with Gasteiger partial charge in [-0.05, 0) is 107 Å². The molecule has 1 heterocycles. The van der Waals surface area contributed by atoms with E-state index < -0.39 is 23.3 Å². The molecule has 1 aliphatic heterocycles. The average Bonchev–Trinajstić information content (AvgIpc) is 3.81. The van der Waals surface area contributed by atoms with Crippen LogP contribution in [-0.2, 0) is 19.1 Å². The van der Waals surface area contributed by atoms with Crippen LogP contribution < -0.4 is 9.47 Å². The number of carbonyl (C=O) groups is 1. The summed E-state index contributed by atoms with van der Waals surface area (Å²) in [7, 11) is 0. The van der Waals surface area contributed by atoms with Gasteiger partial charge in [-0.15, -0.1) is 18.3 Å². The maximum atomic E-state index is 14.9. The van der Waals surface area contributed by atoms with Crippen molar-refractivity contribution in [2.45, 2.75) is 132 Å². The van der Waals surface area contributed by atoms with Crippen molar-refractivity contribution in [3.05, 3.63) is 78.4 Å². The lowest BCUT2D eigenvalue weighted by Gasteiger charge is -2.60. The number of unbranched alkanes of at least 4 members (excludes halogenated alkanes) is 2. The Labute approximate surface area is 380 Å². The van der Waals surface area contributed by atoms with Gasteiger partial charge in [0, 0.05) is 54.7 Å². The van der Waals surface area contributed by atoms with E-state index in [4.69, 9.17) is 28.9 Å². The van der Waals surface area contributed by atoms with E-state index in [1.54, 1.807) is 17.8 Å². The van der Waals surface area contributed by atoms with Gasteiger partial charge in [-0.2, -0.15) is 0 Å². The van der Waals surface area contributed by atoms with Crippen molar-refractivity contribution in [2.75, 3.05) is 58.5 Å². The Hall–Kier alpha value is -3.39. The molecule has 6 unspecified atom stereocenters. The lowest BCUT2D eigenvalue weighted by molar-refractivity contribution is -0.258. The van der Waals surface area contributed by atoms with Crippen LogP contribution in [0.25, 0.3) is 0 Å². The highest BCUT2D eigenvalue weighted by Crippen LogP contribution is 2.62. The molecule has 2 saturated carbocycles. The number of fused-ring (bicyclic) bond motifs is 2. The van der Waals surface area contributed by atoms with Crippen molar-refractivity contribution >= 4 is 23.4 Å². The molecule has 0 aromatic heterocycles. The number of benzene rings is 2. The molecular formula is C51H74N2O9S. The van der Waals surface area contributed by atoms with E-state index in [0.717, 1.165) is 73.3 Å². The quantitative estimate of drug-likeness (QED) is 0.0363. The molecule has 0 radical (unpaired) electrons. The van der Waals surface area contributed by atoms with Crippen LogP contribution in [0.5, 0.6) is 11.5 Å². The third-order valence-corrected chi connectivity index (χ3v) is 14.1. The van der Waals surface area contributed by atoms with Crippen LogP contribution in [0.15, 0.2) is 82.9 Å². The van der Waals surface area contributed by atoms with Crippen LogP contribution in [0, 0.1) is 23.7 Å². The molecule has 6 rings (SSSR count). The summed E-state index contributed by atoms with van der Waals surface area (Å²) in [6.07, 6.45) is 15.2. The number of carbonyl (C=O) groups excluding carboxylic acids is 1. The second kappa shape index (κ2) is 24.2. The highest BCUT2D eigenvalue weighted by molar-refractivity contribution is 7.99. The second-order valence-corrected chi connectivity index (χ2v) is 19.8. The second-order valence-electron chi connectivity index (χ2n) is 18.6. The zero-order chi connectivity index (χ0) is 44.7. The molecule has 12 heteroatoms. The number of nitrogens with zero attached hydrogens (tertiary/aromatic N) is 2. The first-order valence-electron chi connectivity index (χ1n) is 23.7. The van der Waals surface area contributed by atoms with Crippen molar-refractivity contribution in [3.63, 3.8) is 0 Å². The van der Waals surface area contributed by atoms with E-state index in [1.165, 1.54) is 17.7 Å². The van der Waals surface area contributed by atoms with Gasteiger partial charge in [-0.3, -0.25) is 4.79 Å². The van der Waals surface area contributed by atoms with E-state index in [2.05, 4.69) is 30.9 Å². The third kappa shape index (κ3) is 12.9. The van der Waals surface area contributed by atoms with Crippen molar-refractivity contribution in [1.82, 2.24) is 4.90 Å². The van der Waals surface area contributed by atoms with Crippen molar-refractivity contribution in [2.24, 2.45) is 28.8 Å². The minimum atomic E-state index is -1.35. The summed E-state index contributed by atoms with van der Waals surface area (Å²) in [5.41, 5.74) is 2.22. The van der Waals surface area contributed by atoms with E-state index in [-0.39, 0.29) is 69.8 Å². The lowest BCUT2D eigenvalue weighted by Crippen LogP contribution is -2.70. The zero-order valence-electron chi connectivity index (χ0n) is 38.1. The number of hydrogen-bond acceptors (Lipinski definition) is 11. The number of rotatable bonds is 26. The SMILES string of the molecule is C=CCOC12Oc3ccc(OCCSc4ccccc4)cc3C3C(CCCCO)C(CCCCO)C=C(C(=NOC(C)(C)C)CC1N(CCOCCO)C(=O)CCC1CCCC1)C32. The molecule has 63 heavy (non-hydrogen) atoms. The minimum Gasteiger partial charge on any atom is -0.493 e. The highest BCUT2D eigenvalue weighted by atomic mass is 32.2. The summed E-state index contributed by atoms with van der Waals surface area (Å²) in [6, 6.07) is 15.8. The summed E-state index contributed by atoms with van der Waals surface area (Å²) in [5, 5.41) is 34.6. The van der Waals surface area contributed by atoms with E-state index in [9.17, 15) is 20.1 Å². The fraction of sp³-hybridized carbons (Fsp3) is 0.647. The maximum absolute atomic E-state index is 14.9. The Morgan fingerprint density at radius 2 is 1.73 bits per heavy atom. The van der Waals surface area contributed by atoms with Gasteiger partial charge in [0.25, 0.3) is 0 Å². The Morgan fingerprint density at radius 3 is 2.44 bits per heavy atom.